The van der Waals surface area contributed by atoms with Crippen molar-refractivity contribution in [2.75, 3.05) is 19.8 Å². The van der Waals surface area contributed by atoms with Gasteiger partial charge in [-0.25, -0.2) is 0 Å². The topological polar surface area (TPSA) is 73.6 Å². The van der Waals surface area contributed by atoms with Crippen LogP contribution in [0.5, 0.6) is 0 Å². The molecule has 5 nitrogen and oxygen atoms in total. The Balaban J connectivity index is 2.29. The van der Waals surface area contributed by atoms with Gasteiger partial charge in [0.05, 0.1) is 25.8 Å². The maximum absolute atomic E-state index is 11.6. The van der Waals surface area contributed by atoms with Crippen molar-refractivity contribution >= 4 is 5.91 Å². The molecular weight excluding hydrogens is 196 g/mol. The van der Waals surface area contributed by atoms with Crippen LogP contribution in [0.1, 0.15) is 20.8 Å². The largest absolute Gasteiger partial charge is 0.350 e. The van der Waals surface area contributed by atoms with E-state index >= 15 is 0 Å². The average molecular weight is 216 g/mol. The molecule has 0 saturated carbocycles. The fourth-order valence-electron chi connectivity index (χ4n) is 1.21. The SMILES string of the molecule is CC(C)(C)C(N)C(=O)NCC1OCCO1. The first-order valence-corrected chi connectivity index (χ1v) is 5.18. The Morgan fingerprint density at radius 1 is 1.47 bits per heavy atom. The van der Waals surface area contributed by atoms with E-state index in [1.165, 1.54) is 0 Å². The second-order valence-corrected chi connectivity index (χ2v) is 4.76. The summed E-state index contributed by atoms with van der Waals surface area (Å²) in [4.78, 5) is 11.6. The Hall–Kier alpha value is -0.650. The van der Waals surface area contributed by atoms with Gasteiger partial charge in [-0.1, -0.05) is 20.8 Å². The van der Waals surface area contributed by atoms with Gasteiger partial charge in [0.15, 0.2) is 6.29 Å². The third kappa shape index (κ3) is 3.77. The minimum atomic E-state index is -0.515. The molecule has 1 fully saturated rings. The van der Waals surface area contributed by atoms with Crippen molar-refractivity contribution in [3.63, 3.8) is 0 Å². The lowest BCUT2D eigenvalue weighted by molar-refractivity contribution is -0.126. The van der Waals surface area contributed by atoms with Gasteiger partial charge >= 0.3 is 0 Å². The number of rotatable bonds is 3. The van der Waals surface area contributed by atoms with Crippen molar-refractivity contribution in [3.8, 4) is 0 Å². The summed E-state index contributed by atoms with van der Waals surface area (Å²) in [6, 6.07) is -0.515. The first-order chi connectivity index (χ1) is 6.91. The maximum atomic E-state index is 11.6. The van der Waals surface area contributed by atoms with Crippen LogP contribution in [0.2, 0.25) is 0 Å². The van der Waals surface area contributed by atoms with Gasteiger partial charge in [-0.2, -0.15) is 0 Å². The van der Waals surface area contributed by atoms with E-state index in [0.717, 1.165) is 0 Å². The molecule has 1 aliphatic heterocycles. The summed E-state index contributed by atoms with van der Waals surface area (Å²) in [6.07, 6.45) is -0.318. The molecule has 1 amide bonds. The molecular formula is C10H20N2O3. The Morgan fingerprint density at radius 3 is 2.47 bits per heavy atom. The van der Waals surface area contributed by atoms with Gasteiger partial charge in [-0.15, -0.1) is 0 Å². The van der Waals surface area contributed by atoms with Gasteiger partial charge in [-0.3, -0.25) is 4.79 Å². The first-order valence-electron chi connectivity index (χ1n) is 5.18. The molecule has 0 spiro atoms. The fourth-order valence-corrected chi connectivity index (χ4v) is 1.21. The van der Waals surface area contributed by atoms with E-state index < -0.39 is 6.04 Å². The molecule has 1 rings (SSSR count). The van der Waals surface area contributed by atoms with Gasteiger partial charge in [0, 0.05) is 0 Å². The van der Waals surface area contributed by atoms with E-state index in [9.17, 15) is 4.79 Å². The van der Waals surface area contributed by atoms with Crippen LogP contribution in [-0.2, 0) is 14.3 Å². The Kier molecular flexibility index (Phi) is 4.07. The molecule has 0 aromatic rings. The molecule has 1 aliphatic rings. The Morgan fingerprint density at radius 2 is 2.00 bits per heavy atom. The Labute approximate surface area is 90.3 Å². The summed E-state index contributed by atoms with van der Waals surface area (Å²) in [7, 11) is 0. The molecule has 0 aliphatic carbocycles. The van der Waals surface area contributed by atoms with Gasteiger partial charge in [0.2, 0.25) is 5.91 Å². The summed E-state index contributed by atoms with van der Waals surface area (Å²) in [6.45, 7) is 7.33. The van der Waals surface area contributed by atoms with Crippen LogP contribution in [0, 0.1) is 5.41 Å². The van der Waals surface area contributed by atoms with E-state index in [0.29, 0.717) is 19.8 Å². The van der Waals surface area contributed by atoms with Crippen LogP contribution < -0.4 is 11.1 Å². The predicted octanol–water partition coefficient (Wildman–Crippen LogP) is -0.151. The molecule has 0 aromatic heterocycles. The van der Waals surface area contributed by atoms with Crippen LogP contribution >= 0.6 is 0 Å². The van der Waals surface area contributed by atoms with Crippen molar-refractivity contribution < 1.29 is 14.3 Å². The molecule has 0 aromatic carbocycles. The molecule has 1 heterocycles. The number of amides is 1. The normalized spacial score (nSPS) is 20.3. The smallest absolute Gasteiger partial charge is 0.237 e. The van der Waals surface area contributed by atoms with Gasteiger partial charge in [0.1, 0.15) is 0 Å². The molecule has 1 unspecified atom stereocenters. The zero-order valence-electron chi connectivity index (χ0n) is 9.58. The summed E-state index contributed by atoms with van der Waals surface area (Å²) in [5.74, 6) is -0.165. The second kappa shape index (κ2) is 4.92. The molecule has 5 heteroatoms. The standard InChI is InChI=1S/C10H20N2O3/c1-10(2,3)8(11)9(13)12-6-7-14-4-5-15-7/h7-8H,4-6,11H2,1-3H3,(H,12,13). The predicted molar refractivity (Wildman–Crippen MR) is 56.1 cm³/mol. The van der Waals surface area contributed by atoms with Gasteiger partial charge in [0.25, 0.3) is 0 Å². The fraction of sp³-hybridized carbons (Fsp3) is 0.900. The number of ether oxygens (including phenoxy) is 2. The van der Waals surface area contributed by atoms with E-state index in [4.69, 9.17) is 15.2 Å². The number of nitrogens with two attached hydrogens (primary N) is 1. The van der Waals surface area contributed by atoms with Crippen LogP contribution in [0.15, 0.2) is 0 Å². The highest BCUT2D eigenvalue weighted by molar-refractivity contribution is 5.82. The van der Waals surface area contributed by atoms with Crippen LogP contribution in [0.3, 0.4) is 0 Å². The highest BCUT2D eigenvalue weighted by Gasteiger charge is 2.28. The highest BCUT2D eigenvalue weighted by atomic mass is 16.7. The van der Waals surface area contributed by atoms with Crippen LogP contribution in [0.4, 0.5) is 0 Å². The number of hydrogen-bond acceptors (Lipinski definition) is 4. The first kappa shape index (κ1) is 12.4. The summed E-state index contributed by atoms with van der Waals surface area (Å²) in [5, 5.41) is 2.72. The van der Waals surface area contributed by atoms with E-state index in [2.05, 4.69) is 5.32 Å². The van der Waals surface area contributed by atoms with Crippen molar-refractivity contribution in [1.29, 1.82) is 0 Å². The summed E-state index contributed by atoms with van der Waals surface area (Å²) >= 11 is 0. The zero-order valence-corrected chi connectivity index (χ0v) is 9.58. The lowest BCUT2D eigenvalue weighted by Gasteiger charge is -2.26. The third-order valence-electron chi connectivity index (χ3n) is 2.35. The molecule has 1 saturated heterocycles. The minimum absolute atomic E-state index is 0.165. The molecule has 15 heavy (non-hydrogen) atoms. The quantitative estimate of drug-likeness (QED) is 0.688. The molecule has 0 bridgehead atoms. The van der Waals surface area contributed by atoms with E-state index in [1.54, 1.807) is 0 Å². The number of carbonyl (C=O) groups is 1. The minimum Gasteiger partial charge on any atom is -0.350 e. The lowest BCUT2D eigenvalue weighted by Crippen LogP contribution is -2.50. The van der Waals surface area contributed by atoms with Crippen molar-refractivity contribution in [2.24, 2.45) is 11.1 Å². The molecule has 3 N–H and O–H groups in total. The lowest BCUT2D eigenvalue weighted by atomic mass is 9.87. The monoisotopic (exact) mass is 216 g/mol. The summed E-state index contributed by atoms with van der Waals surface area (Å²) < 4.78 is 10.4. The van der Waals surface area contributed by atoms with Crippen LogP contribution in [0.25, 0.3) is 0 Å². The molecule has 0 radical (unpaired) electrons. The zero-order chi connectivity index (χ0) is 11.5. The van der Waals surface area contributed by atoms with E-state index in [-0.39, 0.29) is 17.6 Å². The van der Waals surface area contributed by atoms with Gasteiger partial charge < -0.3 is 20.5 Å². The van der Waals surface area contributed by atoms with Gasteiger partial charge in [-0.05, 0) is 5.41 Å². The summed E-state index contributed by atoms with van der Waals surface area (Å²) in [5.41, 5.74) is 5.55. The second-order valence-electron chi connectivity index (χ2n) is 4.76. The third-order valence-corrected chi connectivity index (χ3v) is 2.35. The van der Waals surface area contributed by atoms with Crippen molar-refractivity contribution in [1.82, 2.24) is 5.32 Å². The molecule has 88 valence electrons. The number of nitrogens with one attached hydrogen (secondary N) is 1. The van der Waals surface area contributed by atoms with E-state index in [1.807, 2.05) is 20.8 Å². The van der Waals surface area contributed by atoms with Crippen molar-refractivity contribution in [2.45, 2.75) is 33.1 Å². The average Bonchev–Trinajstić information content (AvgIpc) is 2.63. The number of carbonyl (C=O) groups excluding carboxylic acids is 1. The Bertz CT molecular complexity index is 219. The molecule has 1 atom stereocenters. The van der Waals surface area contributed by atoms with Crippen molar-refractivity contribution in [3.05, 3.63) is 0 Å². The number of hydrogen-bond donors (Lipinski definition) is 2. The highest BCUT2D eigenvalue weighted by Crippen LogP contribution is 2.17. The maximum Gasteiger partial charge on any atom is 0.237 e. The van der Waals surface area contributed by atoms with Crippen LogP contribution in [-0.4, -0.2) is 38.0 Å².